The van der Waals surface area contributed by atoms with E-state index in [-0.39, 0.29) is 65.7 Å². The maximum absolute atomic E-state index is 14.4. The summed E-state index contributed by atoms with van der Waals surface area (Å²) in [6.45, 7) is 2.19. The minimum absolute atomic E-state index is 0.0332. The van der Waals surface area contributed by atoms with Crippen molar-refractivity contribution in [3.05, 3.63) is 177 Å². The first-order chi connectivity index (χ1) is 37.8. The molecule has 0 saturated carbocycles. The smallest absolute Gasteiger partial charge is 0.307 e. The average molecular weight is 1080 g/mol. The van der Waals surface area contributed by atoms with Crippen molar-refractivity contribution in [1.82, 2.24) is 39.5 Å². The van der Waals surface area contributed by atoms with E-state index in [4.69, 9.17) is 21.3 Å². The van der Waals surface area contributed by atoms with Crippen molar-refractivity contribution >= 4 is 57.5 Å². The Labute approximate surface area is 451 Å². The van der Waals surface area contributed by atoms with Gasteiger partial charge in [0.05, 0.1) is 30.5 Å². The molecule has 17 nitrogen and oxygen atoms in total. The summed E-state index contributed by atoms with van der Waals surface area (Å²) in [6.07, 6.45) is 0.388. The number of rotatable bonds is 13. The van der Waals surface area contributed by atoms with E-state index >= 15 is 0 Å². The molecule has 0 atom stereocenters. The second-order valence-corrected chi connectivity index (χ2v) is 19.4. The summed E-state index contributed by atoms with van der Waals surface area (Å²) in [4.78, 5) is 73.0. The topological polar surface area (TPSA) is 235 Å². The zero-order valence-electron chi connectivity index (χ0n) is 43.6. The number of fused-ring (bicyclic) bond motifs is 4. The molecule has 0 aliphatic carbocycles. The largest absolute Gasteiger partial charge is 0.481 e. The average Bonchev–Trinajstić information content (AvgIpc) is 4.21. The van der Waals surface area contributed by atoms with Crippen LogP contribution in [-0.4, -0.2) is 115 Å². The van der Waals surface area contributed by atoms with Crippen LogP contribution in [0.4, 0.5) is 29.5 Å². The molecule has 2 amide bonds. The lowest BCUT2D eigenvalue weighted by atomic mass is 9.97. The van der Waals surface area contributed by atoms with E-state index in [9.17, 15) is 41.8 Å². The number of carbonyl (C=O) groups excluding carboxylic acids is 3. The molecule has 0 saturated heterocycles. The number of aromatic nitrogens is 4. The molecule has 0 unspecified atom stereocenters. The number of aliphatic carboxylic acids is 1. The number of halogens is 4. The van der Waals surface area contributed by atoms with Crippen molar-refractivity contribution < 1.29 is 51.7 Å². The van der Waals surface area contributed by atoms with E-state index in [0.717, 1.165) is 46.5 Å². The number of ether oxygens (including phenoxy) is 1. The number of carbonyl (C=O) groups is 4. The molecule has 408 valence electrons. The molecule has 0 bridgehead atoms. The summed E-state index contributed by atoms with van der Waals surface area (Å²) in [7, 11) is 7.37. The first-order valence-corrected chi connectivity index (χ1v) is 24.9. The minimum Gasteiger partial charge on any atom is -0.481 e. The number of amides is 2. The molecule has 4 heterocycles. The Morgan fingerprint density at radius 3 is 1.34 bits per heavy atom. The Morgan fingerprint density at radius 1 is 0.557 bits per heavy atom. The number of nitrogens with two attached hydrogens (primary N) is 2. The molecule has 6 N–H and O–H groups in total. The van der Waals surface area contributed by atoms with Gasteiger partial charge in [0.15, 0.2) is 23.3 Å². The summed E-state index contributed by atoms with van der Waals surface area (Å²) >= 11 is 0. The maximum atomic E-state index is 14.4. The molecule has 8 aromatic rings. The molecule has 2 aliphatic heterocycles. The highest BCUT2D eigenvalue weighted by molar-refractivity contribution is 6.07. The van der Waals surface area contributed by atoms with E-state index in [1.807, 2.05) is 86.5 Å². The van der Waals surface area contributed by atoms with Gasteiger partial charge in [0.2, 0.25) is 11.9 Å². The summed E-state index contributed by atoms with van der Waals surface area (Å²) in [5.74, 6) is -6.07. The zero-order valence-corrected chi connectivity index (χ0v) is 43.6. The van der Waals surface area contributed by atoms with Gasteiger partial charge in [-0.3, -0.25) is 19.2 Å². The van der Waals surface area contributed by atoms with Crippen LogP contribution in [0.25, 0.3) is 44.1 Å². The fraction of sp³-hybridized carbons (Fsp3) is 0.241. The van der Waals surface area contributed by atoms with Gasteiger partial charge in [0.1, 0.15) is 18.0 Å². The quantitative estimate of drug-likeness (QED) is 0.0630. The number of aliphatic hydroxyl groups excluding tert-OH is 1. The Morgan fingerprint density at radius 2 is 0.949 bits per heavy atom. The molecule has 21 heteroatoms. The van der Waals surface area contributed by atoms with Crippen LogP contribution in [0.15, 0.2) is 109 Å². The first-order valence-electron chi connectivity index (χ1n) is 24.9. The third-order valence-electron chi connectivity index (χ3n) is 13.1. The number of anilines is 2. The Bertz CT molecular complexity index is 3590. The van der Waals surface area contributed by atoms with Crippen LogP contribution in [0.3, 0.4) is 0 Å². The highest BCUT2D eigenvalue weighted by Crippen LogP contribution is 2.34. The van der Waals surface area contributed by atoms with Gasteiger partial charge in [-0.1, -0.05) is 60.7 Å². The van der Waals surface area contributed by atoms with E-state index < -0.39 is 41.8 Å². The lowest BCUT2D eigenvalue weighted by Crippen LogP contribution is -2.27. The molecule has 10 rings (SSSR count). The Balaban J connectivity index is 0.000000185. The van der Waals surface area contributed by atoms with Crippen molar-refractivity contribution in [2.45, 2.75) is 52.2 Å². The predicted molar refractivity (Wildman–Crippen MR) is 288 cm³/mol. The summed E-state index contributed by atoms with van der Waals surface area (Å²) in [5, 5.41) is 18.6. The SMILES string of the molecule is CN(C)CCC(=O)O.CN(C)CCC(=O)OCc1cc(F)c(F)cc1-c1ccc2nc(N)nc(C(=O)N3Cc4ccccc4C3)c2c1.Nc1nc(C(=O)N2Cc3ccccc3C2)c2cc(-c3cc(F)c(F)cc3CO)ccc2n1. The lowest BCUT2D eigenvalue weighted by Gasteiger charge is -2.17. The van der Waals surface area contributed by atoms with E-state index in [1.165, 1.54) is 0 Å². The molecule has 2 aliphatic rings. The fourth-order valence-electron chi connectivity index (χ4n) is 9.04. The van der Waals surface area contributed by atoms with E-state index in [0.29, 0.717) is 83.3 Å². The number of nitrogens with zero attached hydrogens (tertiary/aromatic N) is 8. The van der Waals surface area contributed by atoms with Crippen LogP contribution in [0, 0.1) is 23.3 Å². The van der Waals surface area contributed by atoms with Crippen molar-refractivity contribution in [1.29, 1.82) is 0 Å². The van der Waals surface area contributed by atoms with Gasteiger partial charge in [-0.2, -0.15) is 0 Å². The third kappa shape index (κ3) is 13.4. The Kier molecular flexibility index (Phi) is 17.5. The number of hydrogen-bond acceptors (Lipinski definition) is 14. The monoisotopic (exact) mass is 1080 g/mol. The van der Waals surface area contributed by atoms with Crippen LogP contribution in [-0.2, 0) is 53.7 Å². The molecular weight excluding hydrogens is 1020 g/mol. The highest BCUT2D eigenvalue weighted by Gasteiger charge is 2.29. The molecule has 0 radical (unpaired) electrons. The zero-order chi connectivity index (χ0) is 56.7. The summed E-state index contributed by atoms with van der Waals surface area (Å²) in [5.41, 5.74) is 19.3. The number of aliphatic hydroxyl groups is 1. The van der Waals surface area contributed by atoms with Gasteiger partial charge < -0.3 is 46.0 Å². The molecule has 79 heavy (non-hydrogen) atoms. The van der Waals surface area contributed by atoms with Gasteiger partial charge in [-0.15, -0.1) is 0 Å². The van der Waals surface area contributed by atoms with Crippen LogP contribution in [0.2, 0.25) is 0 Å². The second-order valence-electron chi connectivity index (χ2n) is 19.4. The van der Waals surface area contributed by atoms with Gasteiger partial charge in [0, 0.05) is 55.6 Å². The van der Waals surface area contributed by atoms with E-state index in [1.54, 1.807) is 46.2 Å². The number of nitrogen functional groups attached to an aromatic ring is 2. The van der Waals surface area contributed by atoms with Crippen molar-refractivity contribution in [3.63, 3.8) is 0 Å². The minimum atomic E-state index is -1.06. The van der Waals surface area contributed by atoms with E-state index in [2.05, 4.69) is 19.9 Å². The van der Waals surface area contributed by atoms with Crippen molar-refractivity contribution in [3.8, 4) is 22.3 Å². The fourth-order valence-corrected chi connectivity index (χ4v) is 9.04. The standard InChI is InChI=1S/C29H27F2N5O3.C24H18F2N4O2.C5H11NO2/c1-35(2)10-9-26(37)39-16-20-12-23(30)24(31)13-21(20)17-7-8-25-22(11-17)27(34-29(32)33-25)28(38)36-14-18-5-3-4-6-19(18)15-36;25-19-8-16(12-31)17(9-20(19)26)13-5-6-21-18(7-13)22(29-24(27)28-21)23(32)30-10-14-3-1-2-4-15(14)11-30;1-6(2)4-3-5(7)8/h3-8,11-13H,9-10,14-16H2,1-2H3,(H2,32,33,34);1-9,31H,10-12H2,(H2,27,28,29);3-4H2,1-2H3,(H,7,8). The number of benzene rings is 6. The van der Waals surface area contributed by atoms with Crippen LogP contribution in [0.5, 0.6) is 0 Å². The number of carboxylic acids is 1. The van der Waals surface area contributed by atoms with Crippen LogP contribution >= 0.6 is 0 Å². The van der Waals surface area contributed by atoms with Gasteiger partial charge >= 0.3 is 11.9 Å². The number of carboxylic acid groups (broad SMARTS) is 1. The van der Waals surface area contributed by atoms with Gasteiger partial charge in [0.25, 0.3) is 11.8 Å². The molecule has 2 aromatic heterocycles. The molecule has 0 spiro atoms. The lowest BCUT2D eigenvalue weighted by molar-refractivity contribution is -0.145. The normalized spacial score (nSPS) is 12.5. The predicted octanol–water partition coefficient (Wildman–Crippen LogP) is 8.14. The maximum Gasteiger partial charge on any atom is 0.307 e. The van der Waals surface area contributed by atoms with Crippen molar-refractivity contribution in [2.75, 3.05) is 52.7 Å². The molecule has 6 aromatic carbocycles. The first kappa shape index (κ1) is 56.3. The second kappa shape index (κ2) is 24.6. The van der Waals surface area contributed by atoms with Crippen LogP contribution < -0.4 is 11.5 Å². The Hall–Kier alpha value is -8.92. The summed E-state index contributed by atoms with van der Waals surface area (Å²) < 4.78 is 61.5. The van der Waals surface area contributed by atoms with Gasteiger partial charge in [-0.25, -0.2) is 37.5 Å². The molecule has 0 fully saturated rings. The molecular formula is C58H56F4N10O7. The number of hydrogen-bond donors (Lipinski definition) is 4. The van der Waals surface area contributed by atoms with Gasteiger partial charge in [-0.05, 0) is 127 Å². The third-order valence-corrected chi connectivity index (χ3v) is 13.1. The number of esters is 1. The summed E-state index contributed by atoms with van der Waals surface area (Å²) in [6, 6.07) is 29.6. The highest BCUT2D eigenvalue weighted by atomic mass is 19.2. The van der Waals surface area contributed by atoms with Crippen molar-refractivity contribution in [2.24, 2.45) is 0 Å². The van der Waals surface area contributed by atoms with Crippen LogP contribution in [0.1, 0.15) is 67.2 Å².